The summed E-state index contributed by atoms with van der Waals surface area (Å²) >= 11 is 1.30. The summed E-state index contributed by atoms with van der Waals surface area (Å²) in [6.45, 7) is 6.33. The van der Waals surface area contributed by atoms with Gasteiger partial charge in [-0.2, -0.15) is 5.26 Å². The van der Waals surface area contributed by atoms with Crippen LogP contribution in [0.25, 0.3) is 0 Å². The first kappa shape index (κ1) is 27.5. The Hall–Kier alpha value is -3.50. The second-order valence-corrected chi connectivity index (χ2v) is 11.6. The van der Waals surface area contributed by atoms with Crippen molar-refractivity contribution in [1.29, 1.82) is 5.26 Å². The minimum Gasteiger partial charge on any atom is -0.497 e. The lowest BCUT2D eigenvalue weighted by molar-refractivity contribution is -0.118. The van der Waals surface area contributed by atoms with E-state index in [1.807, 2.05) is 48.5 Å². The number of unbranched alkanes of at least 4 members (excludes halogenated alkanes) is 1. The molecule has 1 aliphatic carbocycles. The standard InChI is InChI=1S/C31H35N3O3S/c1-5-6-7-20-8-12-22(13-9-20)33-27(36)19-38-30-24(18-32)28(21-10-14-23(37-4)15-11-21)29-25(34-30)16-31(2,3)17-26(29)35/h8-15,28,34H,5-7,16-17,19H2,1-4H3,(H,33,36)/t28-/m1/s1. The Kier molecular flexibility index (Phi) is 8.63. The highest BCUT2D eigenvalue weighted by atomic mass is 32.2. The fraction of sp³-hybridized carbons (Fsp3) is 0.387. The molecule has 0 saturated heterocycles. The molecule has 2 aromatic rings. The minimum absolute atomic E-state index is 0.0569. The first-order valence-electron chi connectivity index (χ1n) is 13.1. The summed E-state index contributed by atoms with van der Waals surface area (Å²) in [4.78, 5) is 26.2. The number of allylic oxidation sites excluding steroid dienone is 3. The fourth-order valence-corrected chi connectivity index (χ4v) is 5.95. The van der Waals surface area contributed by atoms with Crippen molar-refractivity contribution in [3.05, 3.63) is 81.5 Å². The number of ether oxygens (including phenoxy) is 1. The van der Waals surface area contributed by atoms with Crippen LogP contribution in [0.15, 0.2) is 70.4 Å². The SMILES string of the molecule is CCCCc1ccc(NC(=O)CSC2=C(C#N)[C@@H](c3ccc(OC)cc3)C3=C(CC(C)(C)CC3=O)N2)cc1. The summed E-state index contributed by atoms with van der Waals surface area (Å²) in [5, 5.41) is 17.2. The van der Waals surface area contributed by atoms with Crippen molar-refractivity contribution in [2.24, 2.45) is 5.41 Å². The summed E-state index contributed by atoms with van der Waals surface area (Å²) in [7, 11) is 1.61. The van der Waals surface area contributed by atoms with Gasteiger partial charge in [0.25, 0.3) is 0 Å². The fourth-order valence-electron chi connectivity index (χ4n) is 5.09. The number of dihydropyridines is 1. The van der Waals surface area contributed by atoms with Crippen molar-refractivity contribution in [1.82, 2.24) is 5.32 Å². The second kappa shape index (κ2) is 11.9. The second-order valence-electron chi connectivity index (χ2n) is 10.7. The van der Waals surface area contributed by atoms with E-state index < -0.39 is 5.92 Å². The van der Waals surface area contributed by atoms with Gasteiger partial charge in [-0.25, -0.2) is 0 Å². The lowest BCUT2D eigenvalue weighted by atomic mass is 9.69. The van der Waals surface area contributed by atoms with Gasteiger partial charge in [0.05, 0.1) is 35.5 Å². The van der Waals surface area contributed by atoms with E-state index in [0.717, 1.165) is 36.2 Å². The molecule has 0 saturated carbocycles. The lowest BCUT2D eigenvalue weighted by Crippen LogP contribution is -2.37. The number of rotatable bonds is 9. The van der Waals surface area contributed by atoms with Crippen molar-refractivity contribution in [2.75, 3.05) is 18.2 Å². The van der Waals surface area contributed by atoms with Crippen molar-refractivity contribution < 1.29 is 14.3 Å². The van der Waals surface area contributed by atoms with Crippen LogP contribution < -0.4 is 15.4 Å². The van der Waals surface area contributed by atoms with Gasteiger partial charge in [0.2, 0.25) is 5.91 Å². The number of benzene rings is 2. The van der Waals surface area contributed by atoms with E-state index in [4.69, 9.17) is 4.74 Å². The highest BCUT2D eigenvalue weighted by molar-refractivity contribution is 8.03. The number of anilines is 1. The Labute approximate surface area is 229 Å². The van der Waals surface area contributed by atoms with Crippen LogP contribution in [0.1, 0.15) is 63.5 Å². The molecule has 1 amide bonds. The number of carbonyl (C=O) groups excluding carboxylic acids is 2. The van der Waals surface area contributed by atoms with Gasteiger partial charge < -0.3 is 15.4 Å². The van der Waals surface area contributed by atoms with Crippen LogP contribution in [0.3, 0.4) is 0 Å². The third-order valence-corrected chi connectivity index (χ3v) is 8.00. The lowest BCUT2D eigenvalue weighted by Gasteiger charge is -2.39. The molecule has 1 atom stereocenters. The van der Waals surface area contributed by atoms with Crippen LogP contribution in [0.2, 0.25) is 0 Å². The van der Waals surface area contributed by atoms with Gasteiger partial charge in [0.15, 0.2) is 5.78 Å². The molecule has 7 heteroatoms. The molecule has 0 spiro atoms. The predicted molar refractivity (Wildman–Crippen MR) is 153 cm³/mol. The summed E-state index contributed by atoms with van der Waals surface area (Å²) in [5.41, 5.74) is 4.64. The van der Waals surface area contributed by atoms with Crippen LogP contribution in [-0.4, -0.2) is 24.6 Å². The van der Waals surface area contributed by atoms with E-state index in [1.165, 1.54) is 17.3 Å². The monoisotopic (exact) mass is 529 g/mol. The number of nitrogens with one attached hydrogen (secondary N) is 2. The highest BCUT2D eigenvalue weighted by Crippen LogP contribution is 2.48. The van der Waals surface area contributed by atoms with Crippen LogP contribution in [0.5, 0.6) is 5.75 Å². The molecule has 198 valence electrons. The van der Waals surface area contributed by atoms with Crippen LogP contribution in [0.4, 0.5) is 5.69 Å². The summed E-state index contributed by atoms with van der Waals surface area (Å²) in [6.07, 6.45) is 4.45. The van der Waals surface area contributed by atoms with Gasteiger partial charge >= 0.3 is 0 Å². The molecule has 38 heavy (non-hydrogen) atoms. The zero-order valence-electron chi connectivity index (χ0n) is 22.5. The number of nitrogens with zero attached hydrogens (tertiary/aromatic N) is 1. The molecule has 2 aliphatic rings. The van der Waals surface area contributed by atoms with E-state index in [0.29, 0.717) is 34.8 Å². The van der Waals surface area contributed by atoms with Crippen molar-refractivity contribution in [3.8, 4) is 11.8 Å². The Morgan fingerprint density at radius 1 is 1.16 bits per heavy atom. The average molecular weight is 530 g/mol. The number of ketones is 1. The van der Waals surface area contributed by atoms with Crippen molar-refractivity contribution >= 4 is 29.1 Å². The number of carbonyl (C=O) groups is 2. The number of nitriles is 1. The quantitative estimate of drug-likeness (QED) is 0.387. The third kappa shape index (κ3) is 6.31. The largest absolute Gasteiger partial charge is 0.497 e. The van der Waals surface area contributed by atoms with E-state index >= 15 is 0 Å². The van der Waals surface area contributed by atoms with Gasteiger partial charge in [-0.3, -0.25) is 9.59 Å². The maximum absolute atomic E-state index is 13.3. The summed E-state index contributed by atoms with van der Waals surface area (Å²) in [5.74, 6) is 0.276. The molecule has 0 fully saturated rings. The number of methoxy groups -OCH3 is 1. The Bertz CT molecular complexity index is 1300. The highest BCUT2D eigenvalue weighted by Gasteiger charge is 2.42. The van der Waals surface area contributed by atoms with E-state index in [9.17, 15) is 14.9 Å². The summed E-state index contributed by atoms with van der Waals surface area (Å²) in [6, 6.07) is 17.8. The third-order valence-electron chi connectivity index (χ3n) is 6.98. The number of amides is 1. The molecule has 0 unspecified atom stereocenters. The topological polar surface area (TPSA) is 91.2 Å². The summed E-state index contributed by atoms with van der Waals surface area (Å²) < 4.78 is 5.31. The number of Topliss-reactive ketones (excluding diaryl/α,β-unsaturated/α-hetero) is 1. The zero-order chi connectivity index (χ0) is 27.3. The van der Waals surface area contributed by atoms with Crippen molar-refractivity contribution in [3.63, 3.8) is 0 Å². The zero-order valence-corrected chi connectivity index (χ0v) is 23.3. The van der Waals surface area contributed by atoms with E-state index in [2.05, 4.69) is 37.5 Å². The molecule has 4 rings (SSSR count). The molecule has 6 nitrogen and oxygen atoms in total. The van der Waals surface area contributed by atoms with Gasteiger partial charge in [-0.1, -0.05) is 63.2 Å². The van der Waals surface area contributed by atoms with Gasteiger partial charge in [-0.05, 0) is 60.1 Å². The Balaban J connectivity index is 1.56. The first-order chi connectivity index (χ1) is 18.2. The van der Waals surface area contributed by atoms with Crippen LogP contribution in [0, 0.1) is 16.7 Å². The molecule has 0 aromatic heterocycles. The molecule has 1 heterocycles. The van der Waals surface area contributed by atoms with Gasteiger partial charge in [0, 0.05) is 23.4 Å². The molecular formula is C31H35N3O3S. The van der Waals surface area contributed by atoms with Gasteiger partial charge in [-0.15, -0.1) is 0 Å². The van der Waals surface area contributed by atoms with Crippen LogP contribution >= 0.6 is 11.8 Å². The minimum atomic E-state index is -0.480. The molecule has 1 aliphatic heterocycles. The normalized spacial score (nSPS) is 18.4. The Morgan fingerprint density at radius 3 is 2.50 bits per heavy atom. The Morgan fingerprint density at radius 2 is 1.87 bits per heavy atom. The van der Waals surface area contributed by atoms with E-state index in [-0.39, 0.29) is 22.9 Å². The number of aryl methyl sites for hydroxylation is 1. The molecule has 0 radical (unpaired) electrons. The number of hydrogen-bond donors (Lipinski definition) is 2. The van der Waals surface area contributed by atoms with Crippen molar-refractivity contribution in [2.45, 2.75) is 58.8 Å². The first-order valence-corrected chi connectivity index (χ1v) is 14.1. The maximum atomic E-state index is 13.3. The van der Waals surface area contributed by atoms with E-state index in [1.54, 1.807) is 7.11 Å². The molecule has 2 N–H and O–H groups in total. The van der Waals surface area contributed by atoms with Gasteiger partial charge in [0.1, 0.15) is 5.75 Å². The van der Waals surface area contributed by atoms with Crippen LogP contribution in [-0.2, 0) is 16.0 Å². The molecule has 0 bridgehead atoms. The predicted octanol–water partition coefficient (Wildman–Crippen LogP) is 6.47. The molecule has 2 aromatic carbocycles. The smallest absolute Gasteiger partial charge is 0.234 e. The number of hydrogen-bond acceptors (Lipinski definition) is 6. The average Bonchev–Trinajstić information content (AvgIpc) is 2.90. The molecular weight excluding hydrogens is 494 g/mol. The number of thioether (sulfide) groups is 1. The maximum Gasteiger partial charge on any atom is 0.234 e.